The number of nitrogens with zero attached hydrogens (tertiary/aromatic N) is 1. The van der Waals surface area contributed by atoms with Gasteiger partial charge in [0, 0.05) is 27.9 Å². The molecule has 0 bridgehead atoms. The smallest absolute Gasteiger partial charge is 0.271 e. The van der Waals surface area contributed by atoms with E-state index in [4.69, 9.17) is 0 Å². The summed E-state index contributed by atoms with van der Waals surface area (Å²) in [6, 6.07) is 15.6. The lowest BCUT2D eigenvalue weighted by Gasteiger charge is -2.17. The van der Waals surface area contributed by atoms with Crippen molar-refractivity contribution in [2.45, 2.75) is 27.7 Å². The van der Waals surface area contributed by atoms with Crippen molar-refractivity contribution in [3.8, 4) is 0 Å². The maximum Gasteiger partial charge on any atom is 0.271 e. The molecule has 130 valence electrons. The van der Waals surface area contributed by atoms with Crippen LogP contribution in [0.2, 0.25) is 0 Å². The minimum Gasteiger partial charge on any atom is -0.322 e. The number of carbonyl (C=O) groups is 2. The Labute approximate surface area is 148 Å². The number of carbonyl (C=O) groups excluding carboxylic acids is 2. The second-order valence-electron chi connectivity index (χ2n) is 6.79. The normalized spacial score (nSPS) is 11.8. The molecule has 0 fully saturated rings. The van der Waals surface area contributed by atoms with Crippen LogP contribution in [-0.2, 0) is 0 Å². The lowest BCUT2D eigenvalue weighted by molar-refractivity contribution is 0.0954. The van der Waals surface area contributed by atoms with E-state index in [2.05, 4.69) is 15.8 Å². The van der Waals surface area contributed by atoms with Crippen LogP contribution in [0.25, 0.3) is 0 Å². The molecule has 2 amide bonds. The van der Waals surface area contributed by atoms with E-state index >= 15 is 0 Å². The van der Waals surface area contributed by atoms with E-state index in [1.807, 2.05) is 45.9 Å². The van der Waals surface area contributed by atoms with E-state index < -0.39 is 0 Å². The van der Waals surface area contributed by atoms with E-state index in [0.717, 1.165) is 5.71 Å². The molecule has 0 spiro atoms. The van der Waals surface area contributed by atoms with Crippen molar-refractivity contribution in [2.24, 2.45) is 10.5 Å². The molecule has 0 aliphatic rings. The number of hydrazone groups is 1. The highest BCUT2D eigenvalue weighted by atomic mass is 16.2. The van der Waals surface area contributed by atoms with Gasteiger partial charge < -0.3 is 5.32 Å². The zero-order valence-corrected chi connectivity index (χ0v) is 15.0. The summed E-state index contributed by atoms with van der Waals surface area (Å²) in [5.41, 5.74) is 4.97. The van der Waals surface area contributed by atoms with Gasteiger partial charge in [-0.05, 0) is 43.3 Å². The molecule has 2 N–H and O–H groups in total. The van der Waals surface area contributed by atoms with Gasteiger partial charge in [0.05, 0.1) is 0 Å². The quantitative estimate of drug-likeness (QED) is 0.651. The maximum atomic E-state index is 12.1. The Hall–Kier alpha value is -2.95. The Morgan fingerprint density at radius 3 is 1.96 bits per heavy atom. The zero-order valence-electron chi connectivity index (χ0n) is 15.0. The summed E-state index contributed by atoms with van der Waals surface area (Å²) < 4.78 is 0. The molecule has 0 saturated carbocycles. The third-order valence-corrected chi connectivity index (χ3v) is 3.85. The molecule has 2 rings (SSSR count). The lowest BCUT2D eigenvalue weighted by Crippen LogP contribution is -2.24. The molecule has 0 aliphatic heterocycles. The van der Waals surface area contributed by atoms with Gasteiger partial charge in [0.25, 0.3) is 11.8 Å². The molecular formula is C20H23N3O2. The van der Waals surface area contributed by atoms with Gasteiger partial charge in [0.1, 0.15) is 0 Å². The molecule has 5 nitrogen and oxygen atoms in total. The first kappa shape index (κ1) is 18.4. The zero-order chi connectivity index (χ0) is 18.4. The van der Waals surface area contributed by atoms with Crippen molar-refractivity contribution in [3.05, 3.63) is 65.7 Å². The average Bonchev–Trinajstić information content (AvgIpc) is 2.60. The third kappa shape index (κ3) is 5.28. The standard InChI is InChI=1S/C20H23N3O2/c1-14(20(2,3)4)22-23-19(25)16-10-12-17(13-11-16)21-18(24)15-8-6-5-7-9-15/h5-13H,1-4H3,(H,21,24)(H,23,25). The van der Waals surface area contributed by atoms with Crippen LogP contribution in [0.1, 0.15) is 48.4 Å². The number of anilines is 1. The van der Waals surface area contributed by atoms with Gasteiger partial charge in [-0.25, -0.2) is 5.43 Å². The summed E-state index contributed by atoms with van der Waals surface area (Å²) in [4.78, 5) is 24.2. The fourth-order valence-electron chi connectivity index (χ4n) is 1.86. The number of hydrogen-bond acceptors (Lipinski definition) is 3. The van der Waals surface area contributed by atoms with Crippen molar-refractivity contribution >= 4 is 23.2 Å². The molecular weight excluding hydrogens is 314 g/mol. The van der Waals surface area contributed by atoms with Crippen LogP contribution < -0.4 is 10.7 Å². The van der Waals surface area contributed by atoms with Gasteiger partial charge in [-0.3, -0.25) is 9.59 Å². The molecule has 0 heterocycles. The van der Waals surface area contributed by atoms with Gasteiger partial charge in [0.15, 0.2) is 0 Å². The lowest BCUT2D eigenvalue weighted by atomic mass is 9.91. The Kier molecular flexibility index (Phi) is 5.70. The average molecular weight is 337 g/mol. The number of benzene rings is 2. The van der Waals surface area contributed by atoms with E-state index in [9.17, 15) is 9.59 Å². The molecule has 0 saturated heterocycles. The molecule has 2 aromatic rings. The molecule has 25 heavy (non-hydrogen) atoms. The van der Waals surface area contributed by atoms with Gasteiger partial charge in [-0.2, -0.15) is 5.10 Å². The largest absolute Gasteiger partial charge is 0.322 e. The summed E-state index contributed by atoms with van der Waals surface area (Å²) in [6.45, 7) is 7.97. The van der Waals surface area contributed by atoms with Crippen LogP contribution in [0.5, 0.6) is 0 Å². The molecule has 0 unspecified atom stereocenters. The first-order valence-electron chi connectivity index (χ1n) is 8.09. The number of hydrogen-bond donors (Lipinski definition) is 2. The fraction of sp³-hybridized carbons (Fsp3) is 0.250. The van der Waals surface area contributed by atoms with E-state index in [1.165, 1.54) is 0 Å². The predicted octanol–water partition coefficient (Wildman–Crippen LogP) is 4.09. The predicted molar refractivity (Wildman–Crippen MR) is 101 cm³/mol. The summed E-state index contributed by atoms with van der Waals surface area (Å²) >= 11 is 0. The van der Waals surface area contributed by atoms with Gasteiger partial charge >= 0.3 is 0 Å². The highest BCUT2D eigenvalue weighted by Crippen LogP contribution is 2.15. The first-order chi connectivity index (χ1) is 11.8. The first-order valence-corrected chi connectivity index (χ1v) is 8.09. The fourth-order valence-corrected chi connectivity index (χ4v) is 1.86. The molecule has 0 aliphatic carbocycles. The van der Waals surface area contributed by atoms with Crippen LogP contribution in [0.4, 0.5) is 5.69 Å². The number of nitrogens with one attached hydrogen (secondary N) is 2. The number of amides is 2. The van der Waals surface area contributed by atoms with Crippen molar-refractivity contribution < 1.29 is 9.59 Å². The van der Waals surface area contributed by atoms with Gasteiger partial charge in [0.2, 0.25) is 0 Å². The SMILES string of the molecule is CC(=NNC(=O)c1ccc(NC(=O)c2ccccc2)cc1)C(C)(C)C. The Morgan fingerprint density at radius 2 is 1.40 bits per heavy atom. The maximum absolute atomic E-state index is 12.1. The molecule has 5 heteroatoms. The van der Waals surface area contributed by atoms with Crippen molar-refractivity contribution in [3.63, 3.8) is 0 Å². The van der Waals surface area contributed by atoms with Crippen LogP contribution in [-0.4, -0.2) is 17.5 Å². The van der Waals surface area contributed by atoms with Crippen LogP contribution in [0.15, 0.2) is 59.7 Å². The Bertz CT molecular complexity index is 773. The number of rotatable bonds is 4. The monoisotopic (exact) mass is 337 g/mol. The minimum absolute atomic E-state index is 0.0984. The minimum atomic E-state index is -0.287. The summed E-state index contributed by atoms with van der Waals surface area (Å²) in [6.07, 6.45) is 0. The highest BCUT2D eigenvalue weighted by molar-refractivity contribution is 6.04. The van der Waals surface area contributed by atoms with Crippen LogP contribution in [0, 0.1) is 5.41 Å². The molecule has 0 atom stereocenters. The summed E-state index contributed by atoms with van der Waals surface area (Å²) in [7, 11) is 0. The Morgan fingerprint density at radius 1 is 0.840 bits per heavy atom. The third-order valence-electron chi connectivity index (χ3n) is 3.85. The van der Waals surface area contributed by atoms with Crippen molar-refractivity contribution in [2.75, 3.05) is 5.32 Å². The topological polar surface area (TPSA) is 70.6 Å². The van der Waals surface area contributed by atoms with Crippen molar-refractivity contribution in [1.82, 2.24) is 5.43 Å². The van der Waals surface area contributed by atoms with Crippen molar-refractivity contribution in [1.29, 1.82) is 0 Å². The second kappa shape index (κ2) is 7.75. The second-order valence-corrected chi connectivity index (χ2v) is 6.79. The highest BCUT2D eigenvalue weighted by Gasteiger charge is 2.15. The Balaban J connectivity index is 2.00. The summed E-state index contributed by atoms with van der Waals surface area (Å²) in [5, 5.41) is 6.93. The van der Waals surface area contributed by atoms with Gasteiger partial charge in [-0.1, -0.05) is 39.0 Å². The van der Waals surface area contributed by atoms with E-state index in [-0.39, 0.29) is 17.2 Å². The van der Waals surface area contributed by atoms with Crippen LogP contribution in [0.3, 0.4) is 0 Å². The molecule has 2 aromatic carbocycles. The van der Waals surface area contributed by atoms with E-state index in [1.54, 1.807) is 36.4 Å². The molecule has 0 aromatic heterocycles. The summed E-state index contributed by atoms with van der Waals surface area (Å²) in [5.74, 6) is -0.479. The van der Waals surface area contributed by atoms with Crippen LogP contribution >= 0.6 is 0 Å². The molecule has 0 radical (unpaired) electrons. The van der Waals surface area contributed by atoms with Gasteiger partial charge in [-0.15, -0.1) is 0 Å². The van der Waals surface area contributed by atoms with E-state index in [0.29, 0.717) is 16.8 Å².